The average Bonchev–Trinajstić information content (AvgIpc) is 2.17. The zero-order valence-corrected chi connectivity index (χ0v) is 10.5. The topological polar surface area (TPSA) is 35.5 Å². The fourth-order valence-electron chi connectivity index (χ4n) is 0.999. The van der Waals surface area contributed by atoms with Crippen molar-refractivity contribution in [1.82, 2.24) is 0 Å². The van der Waals surface area contributed by atoms with E-state index in [1.54, 1.807) is 33.1 Å². The third-order valence-electron chi connectivity index (χ3n) is 1.89. The van der Waals surface area contributed by atoms with Crippen molar-refractivity contribution < 1.29 is 14.3 Å². The van der Waals surface area contributed by atoms with Gasteiger partial charge < -0.3 is 9.47 Å². The van der Waals surface area contributed by atoms with Crippen LogP contribution in [0.25, 0.3) is 0 Å². The average molecular weight is 273 g/mol. The van der Waals surface area contributed by atoms with Crippen molar-refractivity contribution in [2.75, 3.05) is 7.11 Å². The van der Waals surface area contributed by atoms with Gasteiger partial charge in [0.1, 0.15) is 11.5 Å². The summed E-state index contributed by atoms with van der Waals surface area (Å²) in [4.78, 5) is 11.2. The van der Waals surface area contributed by atoms with Gasteiger partial charge >= 0.3 is 0 Å². The molecule has 4 heteroatoms. The third-order valence-corrected chi connectivity index (χ3v) is 2.84. The lowest BCUT2D eigenvalue weighted by atomic mass is 10.2. The van der Waals surface area contributed by atoms with Gasteiger partial charge in [-0.1, -0.05) is 6.07 Å². The zero-order chi connectivity index (χ0) is 11.5. The Morgan fingerprint density at radius 3 is 2.47 bits per heavy atom. The van der Waals surface area contributed by atoms with Crippen LogP contribution in [0.4, 0.5) is 0 Å². The van der Waals surface area contributed by atoms with E-state index in [0.29, 0.717) is 11.5 Å². The Morgan fingerprint density at radius 2 is 1.93 bits per heavy atom. The summed E-state index contributed by atoms with van der Waals surface area (Å²) < 4.78 is 10.4. The first-order chi connectivity index (χ1) is 6.95. The molecule has 1 rings (SSSR count). The van der Waals surface area contributed by atoms with Crippen molar-refractivity contribution in [1.29, 1.82) is 0 Å². The highest BCUT2D eigenvalue weighted by atomic mass is 79.9. The number of methoxy groups -OCH3 is 1. The molecule has 0 atom stereocenters. The van der Waals surface area contributed by atoms with Crippen LogP contribution in [0.2, 0.25) is 0 Å². The number of hydrogen-bond donors (Lipinski definition) is 0. The molecule has 15 heavy (non-hydrogen) atoms. The van der Waals surface area contributed by atoms with Crippen LogP contribution in [0, 0.1) is 0 Å². The monoisotopic (exact) mass is 272 g/mol. The van der Waals surface area contributed by atoms with Crippen molar-refractivity contribution in [3.63, 3.8) is 0 Å². The van der Waals surface area contributed by atoms with Crippen LogP contribution in [-0.4, -0.2) is 17.4 Å². The molecule has 0 saturated heterocycles. The predicted molar refractivity (Wildman–Crippen MR) is 61.6 cm³/mol. The van der Waals surface area contributed by atoms with E-state index in [-0.39, 0.29) is 4.69 Å². The molecule has 0 aliphatic rings. The number of rotatable bonds is 4. The van der Waals surface area contributed by atoms with Gasteiger partial charge in [0.2, 0.25) is 4.69 Å². The Hall–Kier alpha value is -1.03. The van der Waals surface area contributed by atoms with Crippen molar-refractivity contribution in [2.45, 2.75) is 19.4 Å². The maximum Gasteiger partial charge on any atom is 0.240 e. The molecule has 0 saturated carbocycles. The van der Waals surface area contributed by atoms with E-state index < -0.39 is 5.60 Å². The van der Waals surface area contributed by atoms with Gasteiger partial charge in [0, 0.05) is 6.07 Å². The highest BCUT2D eigenvalue weighted by Gasteiger charge is 2.27. The Morgan fingerprint density at radius 1 is 1.33 bits per heavy atom. The highest BCUT2D eigenvalue weighted by Crippen LogP contribution is 2.24. The fraction of sp³-hybridized carbons (Fsp3) is 0.364. The number of halogens is 1. The largest absolute Gasteiger partial charge is 0.497 e. The third kappa shape index (κ3) is 3.23. The molecule has 0 aromatic heterocycles. The molecule has 0 aliphatic carbocycles. The van der Waals surface area contributed by atoms with Crippen molar-refractivity contribution >= 4 is 20.6 Å². The number of ether oxygens (including phenoxy) is 2. The van der Waals surface area contributed by atoms with E-state index in [1.807, 2.05) is 12.1 Å². The molecule has 0 aliphatic heterocycles. The van der Waals surface area contributed by atoms with Crippen LogP contribution in [0.15, 0.2) is 24.3 Å². The quantitative estimate of drug-likeness (QED) is 0.791. The number of carbonyl (C=O) groups is 1. The van der Waals surface area contributed by atoms with E-state index in [1.165, 1.54) is 0 Å². The second-order valence-electron chi connectivity index (χ2n) is 3.57. The van der Waals surface area contributed by atoms with Gasteiger partial charge in [-0.2, -0.15) is 0 Å². The fourth-order valence-corrected chi connectivity index (χ4v) is 1.08. The molecule has 1 aromatic carbocycles. The molecule has 0 spiro atoms. The van der Waals surface area contributed by atoms with E-state index in [9.17, 15) is 4.79 Å². The Balaban J connectivity index is 2.85. The normalized spacial score (nSPS) is 10.9. The lowest BCUT2D eigenvalue weighted by Crippen LogP contribution is -2.34. The summed E-state index contributed by atoms with van der Waals surface area (Å²) in [6.07, 6.45) is 0. The number of benzene rings is 1. The molecule has 0 unspecified atom stereocenters. The number of carbonyl (C=O) groups excluding carboxylic acids is 1. The minimum atomic E-state index is -0.883. The van der Waals surface area contributed by atoms with E-state index in [0.717, 1.165) is 0 Å². The first-order valence-electron chi connectivity index (χ1n) is 4.49. The molecule has 0 N–H and O–H groups in total. The van der Waals surface area contributed by atoms with Gasteiger partial charge in [0.25, 0.3) is 0 Å². The SMILES string of the molecule is COc1cccc(OC(C)(C)C(=O)Br)c1. The van der Waals surface area contributed by atoms with Crippen LogP contribution in [0.3, 0.4) is 0 Å². The maximum atomic E-state index is 11.2. The molecular weight excluding hydrogens is 260 g/mol. The Bertz CT molecular complexity index is 361. The second kappa shape index (κ2) is 4.66. The van der Waals surface area contributed by atoms with Crippen LogP contribution < -0.4 is 9.47 Å². The van der Waals surface area contributed by atoms with Crippen molar-refractivity contribution in [3.05, 3.63) is 24.3 Å². The van der Waals surface area contributed by atoms with Gasteiger partial charge in [-0.25, -0.2) is 0 Å². The van der Waals surface area contributed by atoms with Gasteiger partial charge in [-0.05, 0) is 41.9 Å². The minimum Gasteiger partial charge on any atom is -0.497 e. The zero-order valence-electron chi connectivity index (χ0n) is 8.91. The first-order valence-corrected chi connectivity index (χ1v) is 5.28. The molecule has 0 fully saturated rings. The summed E-state index contributed by atoms with van der Waals surface area (Å²) in [5.41, 5.74) is -0.883. The van der Waals surface area contributed by atoms with E-state index in [4.69, 9.17) is 9.47 Å². The van der Waals surface area contributed by atoms with Crippen LogP contribution in [-0.2, 0) is 4.79 Å². The van der Waals surface area contributed by atoms with Crippen LogP contribution in [0.1, 0.15) is 13.8 Å². The lowest BCUT2D eigenvalue weighted by Gasteiger charge is -2.22. The Labute approximate surface area is 97.5 Å². The molecule has 1 aromatic rings. The molecule has 82 valence electrons. The Kier molecular flexibility index (Phi) is 3.74. The summed E-state index contributed by atoms with van der Waals surface area (Å²) in [5, 5.41) is 0. The lowest BCUT2D eigenvalue weighted by molar-refractivity contribution is -0.121. The van der Waals surface area contributed by atoms with E-state index >= 15 is 0 Å². The van der Waals surface area contributed by atoms with Gasteiger partial charge in [-0.15, -0.1) is 0 Å². The van der Waals surface area contributed by atoms with Crippen LogP contribution in [0.5, 0.6) is 11.5 Å². The van der Waals surface area contributed by atoms with Crippen LogP contribution >= 0.6 is 15.9 Å². The summed E-state index contributed by atoms with van der Waals surface area (Å²) >= 11 is 2.89. The molecule has 0 radical (unpaired) electrons. The molecule has 0 amide bonds. The molecule has 0 bridgehead atoms. The first kappa shape index (κ1) is 12.0. The van der Waals surface area contributed by atoms with Gasteiger partial charge in [0.05, 0.1) is 7.11 Å². The summed E-state index contributed by atoms with van der Waals surface area (Å²) in [5.74, 6) is 1.30. The molecule has 3 nitrogen and oxygen atoms in total. The highest BCUT2D eigenvalue weighted by molar-refractivity contribution is 9.18. The predicted octanol–water partition coefficient (Wildman–Crippen LogP) is 2.77. The smallest absolute Gasteiger partial charge is 0.240 e. The van der Waals surface area contributed by atoms with E-state index in [2.05, 4.69) is 15.9 Å². The number of hydrogen-bond acceptors (Lipinski definition) is 3. The summed E-state index contributed by atoms with van der Waals surface area (Å²) in [6, 6.07) is 7.14. The van der Waals surface area contributed by atoms with Gasteiger partial charge in [-0.3, -0.25) is 4.79 Å². The minimum absolute atomic E-state index is 0.196. The maximum absolute atomic E-state index is 11.2. The summed E-state index contributed by atoms with van der Waals surface area (Å²) in [6.45, 7) is 3.40. The molecular formula is C11H13BrO3. The van der Waals surface area contributed by atoms with Crippen molar-refractivity contribution in [2.24, 2.45) is 0 Å². The van der Waals surface area contributed by atoms with Crippen molar-refractivity contribution in [3.8, 4) is 11.5 Å². The second-order valence-corrected chi connectivity index (χ2v) is 4.29. The molecule has 0 heterocycles. The van der Waals surface area contributed by atoms with Gasteiger partial charge in [0.15, 0.2) is 5.60 Å². The summed E-state index contributed by atoms with van der Waals surface area (Å²) in [7, 11) is 1.58. The standard InChI is InChI=1S/C11H13BrO3/c1-11(2,10(12)13)15-9-6-4-5-8(7-9)14-3/h4-7H,1-3H3.